The second-order valence-corrected chi connectivity index (χ2v) is 4.31. The van der Waals surface area contributed by atoms with E-state index in [0.29, 0.717) is 6.04 Å². The van der Waals surface area contributed by atoms with Gasteiger partial charge in [0.05, 0.1) is 0 Å². The molecule has 0 saturated carbocycles. The van der Waals surface area contributed by atoms with Crippen molar-refractivity contribution in [1.82, 2.24) is 5.32 Å². The predicted octanol–water partition coefficient (Wildman–Crippen LogP) is 3.18. The monoisotopic (exact) mass is 197 g/mol. The topological polar surface area (TPSA) is 12.0 Å². The van der Waals surface area contributed by atoms with Crippen LogP contribution in [0.1, 0.15) is 23.6 Å². The van der Waals surface area contributed by atoms with Crippen molar-refractivity contribution in [2.24, 2.45) is 0 Å². The molecule has 0 bridgehead atoms. The zero-order valence-electron chi connectivity index (χ0n) is 8.96. The summed E-state index contributed by atoms with van der Waals surface area (Å²) in [4.78, 5) is 0. The molecule has 1 atom stereocenters. The van der Waals surface area contributed by atoms with Crippen LogP contribution in [0.2, 0.25) is 0 Å². The molecule has 1 aliphatic rings. The van der Waals surface area contributed by atoms with Gasteiger partial charge in [-0.2, -0.15) is 0 Å². The van der Waals surface area contributed by atoms with Gasteiger partial charge < -0.3 is 5.32 Å². The molecule has 0 aromatic heterocycles. The molecular weight excluding hydrogens is 182 g/mol. The molecule has 0 aliphatic carbocycles. The number of nitrogens with one attached hydrogen (secondary N) is 1. The van der Waals surface area contributed by atoms with Gasteiger partial charge in [-0.15, -0.1) is 0 Å². The third-order valence-corrected chi connectivity index (χ3v) is 3.36. The van der Waals surface area contributed by atoms with Crippen LogP contribution in [0.5, 0.6) is 0 Å². The van der Waals surface area contributed by atoms with E-state index < -0.39 is 0 Å². The fourth-order valence-electron chi connectivity index (χ4n) is 2.40. The van der Waals surface area contributed by atoms with E-state index in [4.69, 9.17) is 0 Å². The van der Waals surface area contributed by atoms with Crippen LogP contribution >= 0.6 is 0 Å². The van der Waals surface area contributed by atoms with Gasteiger partial charge in [0.15, 0.2) is 0 Å². The smallest absolute Gasteiger partial charge is 0.0341 e. The minimum Gasteiger partial charge on any atom is -0.310 e. The Morgan fingerprint density at radius 3 is 2.67 bits per heavy atom. The van der Waals surface area contributed by atoms with Crippen LogP contribution in [0, 0.1) is 6.92 Å². The summed E-state index contributed by atoms with van der Waals surface area (Å²) in [7, 11) is 0. The first-order valence-corrected chi connectivity index (χ1v) is 5.58. The van der Waals surface area contributed by atoms with Crippen LogP contribution in [0.15, 0.2) is 36.4 Å². The van der Waals surface area contributed by atoms with Gasteiger partial charge in [-0.3, -0.25) is 0 Å². The standard InChI is InChI=1S/C14H15N/c1-10-6-7-11-4-2-3-5-12(11)14(10)13-8-9-15-13/h2-7,13,15H,8-9H2,1H3/t13-/m0/s1. The molecule has 1 N–H and O–H groups in total. The Morgan fingerprint density at radius 2 is 1.93 bits per heavy atom. The van der Waals surface area contributed by atoms with Crippen molar-refractivity contribution in [2.75, 3.05) is 6.54 Å². The Hall–Kier alpha value is -1.34. The summed E-state index contributed by atoms with van der Waals surface area (Å²) in [6.45, 7) is 3.37. The van der Waals surface area contributed by atoms with Crippen LogP contribution in [-0.4, -0.2) is 6.54 Å². The van der Waals surface area contributed by atoms with Crippen LogP contribution < -0.4 is 5.32 Å². The molecule has 1 fully saturated rings. The van der Waals surface area contributed by atoms with E-state index >= 15 is 0 Å². The first-order valence-electron chi connectivity index (χ1n) is 5.58. The molecule has 15 heavy (non-hydrogen) atoms. The molecule has 0 unspecified atom stereocenters. The zero-order valence-corrected chi connectivity index (χ0v) is 8.96. The van der Waals surface area contributed by atoms with Crippen molar-refractivity contribution in [3.63, 3.8) is 0 Å². The van der Waals surface area contributed by atoms with Crippen LogP contribution in [0.3, 0.4) is 0 Å². The van der Waals surface area contributed by atoms with Gasteiger partial charge in [-0.05, 0) is 41.8 Å². The van der Waals surface area contributed by atoms with Crippen LogP contribution in [-0.2, 0) is 0 Å². The van der Waals surface area contributed by atoms with E-state index in [1.54, 1.807) is 0 Å². The number of benzene rings is 2. The highest BCUT2D eigenvalue weighted by Crippen LogP contribution is 2.32. The lowest BCUT2D eigenvalue weighted by molar-refractivity contribution is 0.384. The Labute approximate surface area is 90.1 Å². The predicted molar refractivity (Wildman–Crippen MR) is 64.0 cm³/mol. The fraction of sp³-hybridized carbons (Fsp3) is 0.286. The first kappa shape index (κ1) is 8.93. The molecule has 1 aliphatic heterocycles. The van der Waals surface area contributed by atoms with Gasteiger partial charge >= 0.3 is 0 Å². The van der Waals surface area contributed by atoms with Gasteiger partial charge in [-0.1, -0.05) is 36.4 Å². The Bertz CT molecular complexity index is 498. The van der Waals surface area contributed by atoms with E-state index in [-0.39, 0.29) is 0 Å². The van der Waals surface area contributed by atoms with Crippen LogP contribution in [0.4, 0.5) is 0 Å². The molecule has 2 aromatic rings. The number of hydrogen-bond donors (Lipinski definition) is 1. The minimum atomic E-state index is 0.580. The molecule has 1 saturated heterocycles. The number of rotatable bonds is 1. The summed E-state index contributed by atoms with van der Waals surface area (Å²) in [5.74, 6) is 0. The molecule has 1 nitrogen and oxygen atoms in total. The highest BCUT2D eigenvalue weighted by molar-refractivity contribution is 5.87. The lowest BCUT2D eigenvalue weighted by atomic mass is 9.89. The molecule has 1 heteroatoms. The summed E-state index contributed by atoms with van der Waals surface area (Å²) >= 11 is 0. The maximum absolute atomic E-state index is 3.49. The second kappa shape index (κ2) is 3.35. The average Bonchev–Trinajstić information content (AvgIpc) is 2.20. The van der Waals surface area contributed by atoms with Gasteiger partial charge in [0.1, 0.15) is 0 Å². The van der Waals surface area contributed by atoms with Crippen molar-refractivity contribution >= 4 is 10.8 Å². The van der Waals surface area contributed by atoms with Crippen molar-refractivity contribution in [1.29, 1.82) is 0 Å². The third-order valence-electron chi connectivity index (χ3n) is 3.36. The van der Waals surface area contributed by atoms with Gasteiger partial charge in [0, 0.05) is 6.04 Å². The molecule has 3 rings (SSSR count). The van der Waals surface area contributed by atoms with Crippen LogP contribution in [0.25, 0.3) is 10.8 Å². The summed E-state index contributed by atoms with van der Waals surface area (Å²) in [6.07, 6.45) is 1.27. The summed E-state index contributed by atoms with van der Waals surface area (Å²) < 4.78 is 0. The molecule has 0 radical (unpaired) electrons. The maximum atomic E-state index is 3.49. The van der Waals surface area contributed by atoms with Crippen molar-refractivity contribution in [3.05, 3.63) is 47.5 Å². The zero-order chi connectivity index (χ0) is 10.3. The number of fused-ring (bicyclic) bond motifs is 1. The van der Waals surface area contributed by atoms with Gasteiger partial charge in [0.25, 0.3) is 0 Å². The van der Waals surface area contributed by atoms with E-state index in [1.165, 1.54) is 28.3 Å². The van der Waals surface area contributed by atoms with Crippen molar-refractivity contribution in [2.45, 2.75) is 19.4 Å². The normalized spacial score (nSPS) is 20.2. The van der Waals surface area contributed by atoms with Gasteiger partial charge in [0.2, 0.25) is 0 Å². The quantitative estimate of drug-likeness (QED) is 0.740. The molecule has 0 spiro atoms. The second-order valence-electron chi connectivity index (χ2n) is 4.31. The SMILES string of the molecule is Cc1ccc2ccccc2c1[C@@H]1CCN1. The lowest BCUT2D eigenvalue weighted by Gasteiger charge is -2.30. The van der Waals surface area contributed by atoms with Crippen molar-refractivity contribution < 1.29 is 0 Å². The average molecular weight is 197 g/mol. The Balaban J connectivity index is 2.27. The first-order chi connectivity index (χ1) is 7.36. The highest BCUT2D eigenvalue weighted by atomic mass is 15.0. The third kappa shape index (κ3) is 1.35. The Kier molecular flexibility index (Phi) is 2.00. The molecule has 2 aromatic carbocycles. The number of aryl methyl sites for hydroxylation is 1. The summed E-state index contributed by atoms with van der Waals surface area (Å²) in [6, 6.07) is 13.7. The lowest BCUT2D eigenvalue weighted by Crippen LogP contribution is -2.35. The summed E-state index contributed by atoms with van der Waals surface area (Å²) in [5.41, 5.74) is 2.91. The van der Waals surface area contributed by atoms with Crippen molar-refractivity contribution in [3.8, 4) is 0 Å². The summed E-state index contributed by atoms with van der Waals surface area (Å²) in [5, 5.41) is 6.26. The van der Waals surface area contributed by atoms with E-state index in [2.05, 4.69) is 48.6 Å². The van der Waals surface area contributed by atoms with E-state index in [0.717, 1.165) is 6.54 Å². The number of hydrogen-bond acceptors (Lipinski definition) is 1. The Morgan fingerprint density at radius 1 is 1.13 bits per heavy atom. The van der Waals surface area contributed by atoms with E-state index in [9.17, 15) is 0 Å². The largest absolute Gasteiger partial charge is 0.310 e. The van der Waals surface area contributed by atoms with Gasteiger partial charge in [-0.25, -0.2) is 0 Å². The maximum Gasteiger partial charge on any atom is 0.0341 e. The molecule has 76 valence electrons. The fourth-order valence-corrected chi connectivity index (χ4v) is 2.40. The van der Waals surface area contributed by atoms with E-state index in [1.807, 2.05) is 0 Å². The molecule has 1 heterocycles. The molecular formula is C14H15N. The molecule has 0 amide bonds. The minimum absolute atomic E-state index is 0.580. The highest BCUT2D eigenvalue weighted by Gasteiger charge is 2.21.